The van der Waals surface area contributed by atoms with E-state index in [1.54, 1.807) is 16.9 Å². The van der Waals surface area contributed by atoms with Crippen molar-refractivity contribution in [2.45, 2.75) is 45.8 Å². The predicted molar refractivity (Wildman–Crippen MR) is 151 cm³/mol. The first-order valence-electron chi connectivity index (χ1n) is 13.2. The van der Waals surface area contributed by atoms with E-state index in [1.165, 1.54) is 0 Å². The minimum Gasteiger partial charge on any atom is -0.497 e. The van der Waals surface area contributed by atoms with E-state index >= 15 is 0 Å². The van der Waals surface area contributed by atoms with Gasteiger partial charge in [0.1, 0.15) is 23.2 Å². The van der Waals surface area contributed by atoms with Crippen LogP contribution >= 0.6 is 11.6 Å². The number of halogens is 1. The smallest absolute Gasteiger partial charge is 0.410 e. The monoisotopic (exact) mass is 564 g/mol. The molecule has 1 aromatic heterocycles. The average Bonchev–Trinajstić information content (AvgIpc) is 3.25. The summed E-state index contributed by atoms with van der Waals surface area (Å²) in [6.07, 6.45) is -0.260. The van der Waals surface area contributed by atoms with Crippen molar-refractivity contribution in [2.75, 3.05) is 33.3 Å². The number of carbonyl (C=O) groups excluding carboxylic acids is 2. The van der Waals surface area contributed by atoms with Gasteiger partial charge in [-0.25, -0.2) is 4.79 Å². The molecule has 0 aliphatic carbocycles. The topological polar surface area (TPSA) is 102 Å². The van der Waals surface area contributed by atoms with Gasteiger partial charge >= 0.3 is 6.09 Å². The van der Waals surface area contributed by atoms with E-state index < -0.39 is 11.6 Å². The number of amides is 2. The molecule has 0 spiro atoms. The number of rotatable bonds is 4. The summed E-state index contributed by atoms with van der Waals surface area (Å²) in [6, 6.07) is 12.7. The van der Waals surface area contributed by atoms with Gasteiger partial charge in [0.25, 0.3) is 0 Å². The molecule has 0 saturated carbocycles. The predicted octanol–water partition coefficient (Wildman–Crippen LogP) is 4.60. The van der Waals surface area contributed by atoms with Gasteiger partial charge in [-0.05, 0) is 58.0 Å². The second-order valence-corrected chi connectivity index (χ2v) is 11.3. The number of carbonyl (C=O) groups is 2. The van der Waals surface area contributed by atoms with Crippen molar-refractivity contribution in [3.63, 3.8) is 0 Å². The van der Waals surface area contributed by atoms with Crippen LogP contribution in [0, 0.1) is 6.92 Å². The van der Waals surface area contributed by atoms with E-state index in [4.69, 9.17) is 26.1 Å². The first kappa shape index (κ1) is 27.6. The molecule has 1 saturated heterocycles. The van der Waals surface area contributed by atoms with Gasteiger partial charge in [0.2, 0.25) is 5.91 Å². The fraction of sp³-hybridized carbons (Fsp3) is 0.414. The maximum Gasteiger partial charge on any atom is 0.410 e. The Balaban J connectivity index is 1.45. The molecule has 1 fully saturated rings. The Labute approximate surface area is 238 Å². The van der Waals surface area contributed by atoms with Crippen molar-refractivity contribution in [3.05, 3.63) is 70.3 Å². The van der Waals surface area contributed by atoms with Crippen LogP contribution in [0.25, 0.3) is 5.69 Å². The zero-order valence-corrected chi connectivity index (χ0v) is 24.1. The lowest BCUT2D eigenvalue weighted by Crippen LogP contribution is -2.51. The van der Waals surface area contributed by atoms with E-state index in [0.717, 1.165) is 16.8 Å². The number of ether oxygens (including phenoxy) is 2. The van der Waals surface area contributed by atoms with Crippen molar-refractivity contribution in [1.29, 1.82) is 0 Å². The number of aliphatic imine (C=N–C) groups is 1. The highest BCUT2D eigenvalue weighted by Crippen LogP contribution is 2.35. The first-order valence-corrected chi connectivity index (χ1v) is 13.6. The summed E-state index contributed by atoms with van der Waals surface area (Å²) < 4.78 is 13.0. The van der Waals surface area contributed by atoms with Crippen molar-refractivity contribution in [2.24, 2.45) is 4.99 Å². The maximum absolute atomic E-state index is 13.6. The second-order valence-electron chi connectivity index (χ2n) is 10.9. The molecule has 0 N–H and O–H groups in total. The molecule has 2 aromatic carbocycles. The van der Waals surface area contributed by atoms with Crippen LogP contribution in [0.4, 0.5) is 4.79 Å². The zero-order chi connectivity index (χ0) is 28.6. The summed E-state index contributed by atoms with van der Waals surface area (Å²) in [4.78, 5) is 34.6. The lowest BCUT2D eigenvalue weighted by Gasteiger charge is -2.36. The number of hydrogen-bond acceptors (Lipinski definition) is 7. The third-order valence-corrected chi connectivity index (χ3v) is 7.15. The summed E-state index contributed by atoms with van der Waals surface area (Å²) in [5.74, 6) is 1.90. The normalized spacial score (nSPS) is 16.9. The van der Waals surface area contributed by atoms with Gasteiger partial charge in [-0.15, -0.1) is 10.2 Å². The van der Waals surface area contributed by atoms with Crippen LogP contribution < -0.4 is 4.74 Å². The minimum atomic E-state index is -0.582. The fourth-order valence-electron chi connectivity index (χ4n) is 4.94. The summed E-state index contributed by atoms with van der Waals surface area (Å²) in [5.41, 5.74) is 2.69. The molecule has 10 nitrogen and oxygen atoms in total. The Hall–Kier alpha value is -3.92. The van der Waals surface area contributed by atoms with Gasteiger partial charge in [0.15, 0.2) is 5.82 Å². The molecule has 210 valence electrons. The molecule has 40 heavy (non-hydrogen) atoms. The Morgan fingerprint density at radius 3 is 2.33 bits per heavy atom. The van der Waals surface area contributed by atoms with Crippen LogP contribution in [-0.2, 0) is 9.53 Å². The van der Waals surface area contributed by atoms with E-state index in [9.17, 15) is 9.59 Å². The fourth-order valence-corrected chi connectivity index (χ4v) is 5.06. The van der Waals surface area contributed by atoms with Crippen LogP contribution in [0.2, 0.25) is 5.02 Å². The summed E-state index contributed by atoms with van der Waals surface area (Å²) in [5, 5.41) is 9.41. The summed E-state index contributed by atoms with van der Waals surface area (Å²) in [6.45, 7) is 9.05. The molecule has 3 heterocycles. The van der Waals surface area contributed by atoms with Gasteiger partial charge in [0, 0.05) is 42.3 Å². The SMILES string of the molecule is COc1ccc2c(c1)C(c1ccc(Cl)cc1)=N[C@@H](CC(=O)N1CCN(C(=O)OC(C)(C)C)CC1)c1nnc(C)n1-2. The van der Waals surface area contributed by atoms with Crippen molar-refractivity contribution >= 4 is 29.3 Å². The Morgan fingerprint density at radius 1 is 1.00 bits per heavy atom. The summed E-state index contributed by atoms with van der Waals surface area (Å²) in [7, 11) is 1.62. The first-order chi connectivity index (χ1) is 19.0. The van der Waals surface area contributed by atoms with Crippen molar-refractivity contribution in [1.82, 2.24) is 24.6 Å². The standard InChI is InChI=1S/C29H33ClN6O4/c1-18-32-33-27-23(17-25(37)34-12-14-35(15-13-34)28(38)40-29(2,3)4)31-26(19-6-8-20(30)9-7-19)22-16-21(39-5)10-11-24(22)36(18)27/h6-11,16,23H,12-15,17H2,1-5H3/t23-/m0/s1. The highest BCUT2D eigenvalue weighted by atomic mass is 35.5. The lowest BCUT2D eigenvalue weighted by molar-refractivity contribution is -0.133. The number of hydrogen-bond donors (Lipinski definition) is 0. The van der Waals surface area contributed by atoms with E-state index in [0.29, 0.717) is 54.3 Å². The highest BCUT2D eigenvalue weighted by Gasteiger charge is 2.33. The van der Waals surface area contributed by atoms with Crippen LogP contribution in [0.15, 0.2) is 47.5 Å². The third-order valence-electron chi connectivity index (χ3n) is 6.90. The molecule has 5 rings (SSSR count). The molecule has 0 unspecified atom stereocenters. The number of piperazine rings is 1. The second kappa shape index (κ2) is 10.9. The quantitative estimate of drug-likeness (QED) is 0.459. The molecule has 0 bridgehead atoms. The molecule has 11 heteroatoms. The van der Waals surface area contributed by atoms with Gasteiger partial charge in [-0.3, -0.25) is 14.4 Å². The van der Waals surface area contributed by atoms with Gasteiger partial charge < -0.3 is 19.3 Å². The number of aryl methyl sites for hydroxylation is 1. The molecule has 3 aromatic rings. The lowest BCUT2D eigenvalue weighted by atomic mass is 10.00. The Morgan fingerprint density at radius 2 is 1.68 bits per heavy atom. The highest BCUT2D eigenvalue weighted by molar-refractivity contribution is 6.30. The molecule has 2 amide bonds. The number of benzene rings is 2. The Bertz CT molecular complexity index is 1450. The number of aromatic nitrogens is 3. The van der Waals surface area contributed by atoms with Crippen LogP contribution in [-0.4, -0.2) is 81.2 Å². The summed E-state index contributed by atoms with van der Waals surface area (Å²) >= 11 is 6.19. The number of fused-ring (bicyclic) bond motifs is 3. The molecule has 2 aliphatic rings. The van der Waals surface area contributed by atoms with Crippen LogP contribution in [0.5, 0.6) is 5.75 Å². The molecule has 2 aliphatic heterocycles. The van der Waals surface area contributed by atoms with Gasteiger partial charge in [0.05, 0.1) is 24.9 Å². The molecule has 1 atom stereocenters. The average molecular weight is 565 g/mol. The molecular weight excluding hydrogens is 532 g/mol. The van der Waals surface area contributed by atoms with E-state index in [1.807, 2.05) is 74.7 Å². The van der Waals surface area contributed by atoms with Crippen molar-refractivity contribution < 1.29 is 19.1 Å². The molecule has 0 radical (unpaired) electrons. The van der Waals surface area contributed by atoms with Crippen LogP contribution in [0.3, 0.4) is 0 Å². The third kappa shape index (κ3) is 5.67. The number of methoxy groups -OCH3 is 1. The van der Waals surface area contributed by atoms with Crippen LogP contribution in [0.1, 0.15) is 56.0 Å². The minimum absolute atomic E-state index is 0.0659. The maximum atomic E-state index is 13.6. The molecular formula is C29H33ClN6O4. The van der Waals surface area contributed by atoms with Gasteiger partial charge in [-0.1, -0.05) is 23.7 Å². The zero-order valence-electron chi connectivity index (χ0n) is 23.3. The largest absolute Gasteiger partial charge is 0.497 e. The van der Waals surface area contributed by atoms with E-state index in [-0.39, 0.29) is 18.4 Å². The van der Waals surface area contributed by atoms with Gasteiger partial charge in [-0.2, -0.15) is 0 Å². The Kier molecular flexibility index (Phi) is 7.55. The van der Waals surface area contributed by atoms with Crippen molar-refractivity contribution in [3.8, 4) is 11.4 Å². The number of nitrogens with zero attached hydrogens (tertiary/aromatic N) is 6. The van der Waals surface area contributed by atoms with E-state index in [2.05, 4.69) is 10.2 Å².